The van der Waals surface area contributed by atoms with Crippen LogP contribution in [0.4, 0.5) is 18.9 Å². The number of hydrogen-bond acceptors (Lipinski definition) is 3. The maximum Gasteiger partial charge on any atom is 0.573 e. The first-order valence-electron chi connectivity index (χ1n) is 5.66. The van der Waals surface area contributed by atoms with Gasteiger partial charge in [0.25, 0.3) is 0 Å². The van der Waals surface area contributed by atoms with Crippen molar-refractivity contribution in [1.29, 1.82) is 0 Å². The number of nitrogens with one attached hydrogen (secondary N) is 1. The monoisotopic (exact) mass is 277 g/mol. The van der Waals surface area contributed by atoms with E-state index in [4.69, 9.17) is 0 Å². The zero-order chi connectivity index (χ0) is 13.2. The van der Waals surface area contributed by atoms with Crippen LogP contribution in [0.1, 0.15) is 13.3 Å². The Labute approximate surface area is 108 Å². The van der Waals surface area contributed by atoms with Gasteiger partial charge in [-0.25, -0.2) is 0 Å². The number of halogens is 3. The van der Waals surface area contributed by atoms with Gasteiger partial charge in [-0.1, -0.05) is 13.0 Å². The van der Waals surface area contributed by atoms with Crippen LogP contribution in [-0.2, 0) is 0 Å². The number of anilines is 1. The fraction of sp³-hybridized carbons (Fsp3) is 0.500. The Hall–Kier alpha value is -1.04. The molecule has 18 heavy (non-hydrogen) atoms. The number of benzene rings is 1. The molecule has 0 radical (unpaired) electrons. The molecule has 6 heteroatoms. The van der Waals surface area contributed by atoms with Crippen molar-refractivity contribution < 1.29 is 17.9 Å². The molecule has 2 atom stereocenters. The molecule has 1 aromatic carbocycles. The van der Waals surface area contributed by atoms with Gasteiger partial charge in [0.05, 0.1) is 0 Å². The highest BCUT2D eigenvalue weighted by Crippen LogP contribution is 2.30. The van der Waals surface area contributed by atoms with Crippen LogP contribution >= 0.6 is 11.8 Å². The molecule has 1 aliphatic rings. The maximum atomic E-state index is 12.1. The molecule has 0 aromatic heterocycles. The Morgan fingerprint density at radius 3 is 2.78 bits per heavy atom. The van der Waals surface area contributed by atoms with E-state index in [2.05, 4.69) is 17.0 Å². The van der Waals surface area contributed by atoms with Crippen LogP contribution in [0, 0.1) is 0 Å². The van der Waals surface area contributed by atoms with Gasteiger partial charge in [0.15, 0.2) is 0 Å². The minimum absolute atomic E-state index is 0.189. The fourth-order valence-electron chi connectivity index (χ4n) is 1.94. The molecule has 0 saturated carbocycles. The number of alkyl halides is 3. The second-order valence-electron chi connectivity index (χ2n) is 4.30. The highest BCUT2D eigenvalue weighted by Gasteiger charge is 2.31. The smallest absolute Gasteiger partial charge is 0.406 e. The molecule has 0 aliphatic carbocycles. The first-order valence-corrected chi connectivity index (χ1v) is 6.71. The fourth-order valence-corrected chi connectivity index (χ4v) is 3.09. The van der Waals surface area contributed by atoms with E-state index in [1.165, 1.54) is 12.1 Å². The van der Waals surface area contributed by atoms with Gasteiger partial charge in [0, 0.05) is 28.8 Å². The quantitative estimate of drug-likeness (QED) is 0.905. The van der Waals surface area contributed by atoms with Gasteiger partial charge in [-0.2, -0.15) is 11.8 Å². The number of rotatable bonds is 3. The van der Waals surface area contributed by atoms with Crippen LogP contribution in [-0.4, -0.2) is 23.4 Å². The molecule has 1 saturated heterocycles. The van der Waals surface area contributed by atoms with E-state index in [0.717, 1.165) is 12.2 Å². The number of ether oxygens (including phenoxy) is 1. The summed E-state index contributed by atoms with van der Waals surface area (Å²) in [7, 11) is 0. The number of thioether (sulfide) groups is 1. The van der Waals surface area contributed by atoms with Crippen molar-refractivity contribution in [1.82, 2.24) is 0 Å². The third-order valence-electron chi connectivity index (χ3n) is 2.64. The molecule has 1 fully saturated rings. The molecular weight excluding hydrogens is 263 g/mol. The Balaban J connectivity index is 1.99. The molecule has 0 spiro atoms. The van der Waals surface area contributed by atoms with E-state index in [1.807, 2.05) is 11.8 Å². The van der Waals surface area contributed by atoms with Crippen LogP contribution in [0.3, 0.4) is 0 Å². The van der Waals surface area contributed by atoms with Crippen LogP contribution in [0.15, 0.2) is 24.3 Å². The zero-order valence-electron chi connectivity index (χ0n) is 9.83. The van der Waals surface area contributed by atoms with Crippen LogP contribution in [0.5, 0.6) is 5.75 Å². The normalized spacial score (nSPS) is 24.0. The lowest BCUT2D eigenvalue weighted by Crippen LogP contribution is -2.19. The summed E-state index contributed by atoms with van der Waals surface area (Å²) in [6.45, 7) is 2.15. The largest absolute Gasteiger partial charge is 0.573 e. The van der Waals surface area contributed by atoms with Crippen molar-refractivity contribution in [2.45, 2.75) is 31.0 Å². The first kappa shape index (κ1) is 13.4. The summed E-state index contributed by atoms with van der Waals surface area (Å²) in [5.74, 6) is 0.789. The second-order valence-corrected chi connectivity index (χ2v) is 5.77. The molecule has 100 valence electrons. The summed E-state index contributed by atoms with van der Waals surface area (Å²) in [6, 6.07) is 6.28. The van der Waals surface area contributed by atoms with E-state index in [0.29, 0.717) is 17.0 Å². The minimum atomic E-state index is -4.64. The van der Waals surface area contributed by atoms with Gasteiger partial charge in [-0.15, -0.1) is 13.2 Å². The molecule has 1 N–H and O–H groups in total. The van der Waals surface area contributed by atoms with Gasteiger partial charge >= 0.3 is 6.36 Å². The first-order chi connectivity index (χ1) is 8.42. The van der Waals surface area contributed by atoms with Gasteiger partial charge in [-0.05, 0) is 18.6 Å². The molecule has 0 bridgehead atoms. The molecule has 2 nitrogen and oxygen atoms in total. The van der Waals surface area contributed by atoms with Crippen LogP contribution in [0.2, 0.25) is 0 Å². The van der Waals surface area contributed by atoms with Gasteiger partial charge in [-0.3, -0.25) is 0 Å². The third kappa shape index (κ3) is 4.01. The Morgan fingerprint density at radius 2 is 2.17 bits per heavy atom. The lowest BCUT2D eigenvalue weighted by Gasteiger charge is -2.15. The van der Waals surface area contributed by atoms with E-state index in [-0.39, 0.29) is 5.75 Å². The van der Waals surface area contributed by atoms with Crippen LogP contribution in [0.25, 0.3) is 0 Å². The predicted molar refractivity (Wildman–Crippen MR) is 67.1 cm³/mol. The minimum Gasteiger partial charge on any atom is -0.406 e. The number of hydrogen-bond donors (Lipinski definition) is 1. The van der Waals surface area contributed by atoms with Crippen LogP contribution < -0.4 is 10.1 Å². The molecule has 1 heterocycles. The molecule has 1 aromatic rings. The summed E-state index contributed by atoms with van der Waals surface area (Å²) in [5, 5.41) is 3.82. The maximum absolute atomic E-state index is 12.1. The van der Waals surface area contributed by atoms with Crippen molar-refractivity contribution in [3.05, 3.63) is 24.3 Å². The summed E-state index contributed by atoms with van der Waals surface area (Å²) >= 11 is 1.87. The predicted octanol–water partition coefficient (Wildman–Crippen LogP) is 3.89. The zero-order valence-corrected chi connectivity index (χ0v) is 10.6. The highest BCUT2D eigenvalue weighted by atomic mass is 32.2. The van der Waals surface area contributed by atoms with Crippen molar-refractivity contribution in [2.24, 2.45) is 0 Å². The summed E-state index contributed by atoms with van der Waals surface area (Å²) in [5.41, 5.74) is 0.663. The Kier molecular flexibility index (Phi) is 3.94. The standard InChI is InChI=1S/C12H14F3NOS/c1-8-5-10(7-18-8)16-9-3-2-4-11(6-9)17-12(13,14)15/h2-4,6,8,10,16H,5,7H2,1H3. The highest BCUT2D eigenvalue weighted by molar-refractivity contribution is 8.00. The van der Waals surface area contributed by atoms with Crippen molar-refractivity contribution in [3.63, 3.8) is 0 Å². The topological polar surface area (TPSA) is 21.3 Å². The molecule has 2 rings (SSSR count). The van der Waals surface area contributed by atoms with E-state index in [1.54, 1.807) is 12.1 Å². The van der Waals surface area contributed by atoms with E-state index < -0.39 is 6.36 Å². The van der Waals surface area contributed by atoms with E-state index >= 15 is 0 Å². The van der Waals surface area contributed by atoms with Crippen molar-refractivity contribution >= 4 is 17.4 Å². The Bertz CT molecular complexity index is 411. The summed E-state index contributed by atoms with van der Waals surface area (Å²) < 4.78 is 40.1. The lowest BCUT2D eigenvalue weighted by molar-refractivity contribution is -0.274. The van der Waals surface area contributed by atoms with Crippen molar-refractivity contribution in [2.75, 3.05) is 11.1 Å². The molecule has 0 amide bonds. The lowest BCUT2D eigenvalue weighted by atomic mass is 10.2. The SMILES string of the molecule is CC1CC(Nc2cccc(OC(F)(F)F)c2)CS1. The molecule has 1 aliphatic heterocycles. The molecular formula is C12H14F3NOS. The van der Waals surface area contributed by atoms with Gasteiger partial charge in [0.1, 0.15) is 5.75 Å². The van der Waals surface area contributed by atoms with Gasteiger partial charge < -0.3 is 10.1 Å². The second kappa shape index (κ2) is 5.30. The Morgan fingerprint density at radius 1 is 1.39 bits per heavy atom. The molecule has 2 unspecified atom stereocenters. The average molecular weight is 277 g/mol. The van der Waals surface area contributed by atoms with Crippen molar-refractivity contribution in [3.8, 4) is 5.75 Å². The summed E-state index contributed by atoms with van der Waals surface area (Å²) in [4.78, 5) is 0. The summed E-state index contributed by atoms with van der Waals surface area (Å²) in [6.07, 6.45) is -3.62. The third-order valence-corrected chi connectivity index (χ3v) is 3.99. The van der Waals surface area contributed by atoms with E-state index in [9.17, 15) is 13.2 Å². The van der Waals surface area contributed by atoms with Gasteiger partial charge in [0.2, 0.25) is 0 Å². The average Bonchev–Trinajstić information content (AvgIpc) is 2.62.